The molecular formula is C14H13F3N2O. The minimum Gasteiger partial charge on any atom is -0.324 e. The van der Waals surface area contributed by atoms with Crippen LogP contribution in [-0.2, 0) is 11.2 Å². The van der Waals surface area contributed by atoms with Gasteiger partial charge in [-0.1, -0.05) is 6.07 Å². The van der Waals surface area contributed by atoms with Crippen LogP contribution in [0, 0.1) is 6.92 Å². The lowest BCUT2D eigenvalue weighted by Gasteiger charge is -2.08. The highest BCUT2D eigenvalue weighted by molar-refractivity contribution is 5.87. The van der Waals surface area contributed by atoms with Gasteiger partial charge in [0.2, 0.25) is 5.78 Å². The molecule has 0 bridgehead atoms. The zero-order valence-corrected chi connectivity index (χ0v) is 10.9. The second-order valence-electron chi connectivity index (χ2n) is 5.22. The van der Waals surface area contributed by atoms with Crippen molar-refractivity contribution in [3.8, 4) is 0 Å². The molecule has 106 valence electrons. The number of alkyl halides is 3. The van der Waals surface area contributed by atoms with E-state index in [4.69, 9.17) is 0 Å². The topological polar surface area (TPSA) is 34.9 Å². The summed E-state index contributed by atoms with van der Waals surface area (Å²) in [7, 11) is 0. The first kappa shape index (κ1) is 13.1. The summed E-state index contributed by atoms with van der Waals surface area (Å²) in [6, 6.07) is 5.77. The van der Waals surface area contributed by atoms with Crippen LogP contribution in [-0.4, -0.2) is 21.5 Å². The largest absolute Gasteiger partial charge is 0.450 e. The second-order valence-corrected chi connectivity index (χ2v) is 5.22. The Labute approximate surface area is 113 Å². The van der Waals surface area contributed by atoms with Crippen LogP contribution in [0.4, 0.5) is 13.2 Å². The number of carbonyl (C=O) groups is 1. The van der Waals surface area contributed by atoms with Gasteiger partial charge >= 0.3 is 6.18 Å². The van der Waals surface area contributed by atoms with Gasteiger partial charge in [-0.15, -0.1) is 0 Å². The number of rotatable bonds is 3. The molecule has 0 spiro atoms. The fraction of sp³-hybridized carbons (Fsp3) is 0.429. The molecule has 0 amide bonds. The highest BCUT2D eigenvalue weighted by atomic mass is 19.4. The first-order valence-corrected chi connectivity index (χ1v) is 6.44. The first-order valence-electron chi connectivity index (χ1n) is 6.44. The van der Waals surface area contributed by atoms with Crippen molar-refractivity contribution in [1.82, 2.24) is 9.55 Å². The van der Waals surface area contributed by atoms with Crippen molar-refractivity contribution in [3.05, 3.63) is 29.6 Å². The molecule has 1 fully saturated rings. The van der Waals surface area contributed by atoms with E-state index in [9.17, 15) is 18.0 Å². The molecule has 1 aromatic heterocycles. The predicted molar refractivity (Wildman–Crippen MR) is 67.5 cm³/mol. The van der Waals surface area contributed by atoms with Crippen LogP contribution in [0.2, 0.25) is 0 Å². The van der Waals surface area contributed by atoms with Gasteiger partial charge in [0, 0.05) is 6.04 Å². The van der Waals surface area contributed by atoms with Gasteiger partial charge in [-0.05, 0) is 37.5 Å². The highest BCUT2D eigenvalue weighted by Gasteiger charge is 2.39. The third-order valence-corrected chi connectivity index (χ3v) is 3.46. The molecule has 0 aliphatic heterocycles. The fourth-order valence-corrected chi connectivity index (χ4v) is 2.37. The van der Waals surface area contributed by atoms with E-state index < -0.39 is 18.4 Å². The summed E-state index contributed by atoms with van der Waals surface area (Å²) in [5.74, 6) is -1.53. The number of ketones is 1. The summed E-state index contributed by atoms with van der Waals surface area (Å²) < 4.78 is 39.0. The Balaban J connectivity index is 2.05. The lowest BCUT2D eigenvalue weighted by atomic mass is 10.2. The number of hydrogen-bond donors (Lipinski definition) is 0. The Morgan fingerprint density at radius 3 is 2.70 bits per heavy atom. The van der Waals surface area contributed by atoms with Gasteiger partial charge in [0.25, 0.3) is 0 Å². The SMILES string of the molecule is Cc1ccc2c(c1)nc(CC(=O)C(F)(F)F)n2C1CC1. The van der Waals surface area contributed by atoms with Crippen molar-refractivity contribution in [3.63, 3.8) is 0 Å². The van der Waals surface area contributed by atoms with Gasteiger partial charge in [-0.2, -0.15) is 13.2 Å². The maximum Gasteiger partial charge on any atom is 0.450 e. The number of benzene rings is 1. The number of fused-ring (bicyclic) bond motifs is 1. The minimum absolute atomic E-state index is 0.179. The molecule has 0 N–H and O–H groups in total. The molecule has 0 saturated heterocycles. The first-order chi connectivity index (χ1) is 9.36. The Morgan fingerprint density at radius 2 is 2.10 bits per heavy atom. The Hall–Kier alpha value is -1.85. The van der Waals surface area contributed by atoms with Gasteiger partial charge in [-0.25, -0.2) is 4.98 Å². The van der Waals surface area contributed by atoms with E-state index in [-0.39, 0.29) is 11.9 Å². The number of imidazole rings is 1. The van der Waals surface area contributed by atoms with Crippen LogP contribution in [0.5, 0.6) is 0 Å². The van der Waals surface area contributed by atoms with Crippen LogP contribution in [0.25, 0.3) is 11.0 Å². The van der Waals surface area contributed by atoms with Crippen LogP contribution >= 0.6 is 0 Å². The summed E-state index contributed by atoms with van der Waals surface area (Å²) in [6.07, 6.45) is -3.64. The molecule has 2 aromatic rings. The number of nitrogens with zero attached hydrogens (tertiary/aromatic N) is 2. The summed E-state index contributed by atoms with van der Waals surface area (Å²) in [5, 5.41) is 0. The fourth-order valence-electron chi connectivity index (χ4n) is 2.37. The zero-order valence-electron chi connectivity index (χ0n) is 10.9. The van der Waals surface area contributed by atoms with Crippen molar-refractivity contribution in [2.24, 2.45) is 0 Å². The van der Waals surface area contributed by atoms with Gasteiger partial charge in [0.15, 0.2) is 0 Å². The van der Waals surface area contributed by atoms with Crippen LogP contribution in [0.3, 0.4) is 0 Å². The molecule has 6 heteroatoms. The number of aromatic nitrogens is 2. The average molecular weight is 282 g/mol. The third-order valence-electron chi connectivity index (χ3n) is 3.46. The van der Waals surface area contributed by atoms with E-state index in [0.717, 1.165) is 23.9 Å². The van der Waals surface area contributed by atoms with Crippen molar-refractivity contribution < 1.29 is 18.0 Å². The van der Waals surface area contributed by atoms with E-state index in [0.29, 0.717) is 5.52 Å². The molecule has 1 saturated carbocycles. The molecule has 0 unspecified atom stereocenters. The van der Waals surface area contributed by atoms with E-state index in [1.165, 1.54) is 0 Å². The van der Waals surface area contributed by atoms with E-state index in [2.05, 4.69) is 4.98 Å². The molecule has 0 atom stereocenters. The van der Waals surface area contributed by atoms with Crippen molar-refractivity contribution in [1.29, 1.82) is 0 Å². The summed E-state index contributed by atoms with van der Waals surface area (Å²) in [5.41, 5.74) is 2.46. The predicted octanol–water partition coefficient (Wildman–Crippen LogP) is 3.35. The molecule has 3 rings (SSSR count). The van der Waals surface area contributed by atoms with Crippen LogP contribution in [0.1, 0.15) is 30.3 Å². The standard InChI is InChI=1S/C14H13F3N2O/c1-8-2-5-11-10(6-8)18-13(19(11)9-3-4-9)7-12(20)14(15,16)17/h2,5-6,9H,3-4,7H2,1H3. The average Bonchev–Trinajstić information content (AvgIpc) is 3.10. The number of carbonyl (C=O) groups excluding carboxylic acids is 1. The van der Waals surface area contributed by atoms with Gasteiger partial charge in [0.1, 0.15) is 5.82 Å². The summed E-state index contributed by atoms with van der Waals surface area (Å²) in [4.78, 5) is 15.4. The van der Waals surface area contributed by atoms with E-state index >= 15 is 0 Å². The Morgan fingerprint density at radius 1 is 1.40 bits per heavy atom. The molecule has 1 aromatic carbocycles. The quantitative estimate of drug-likeness (QED) is 0.865. The highest BCUT2D eigenvalue weighted by Crippen LogP contribution is 2.39. The van der Waals surface area contributed by atoms with Crippen molar-refractivity contribution >= 4 is 16.8 Å². The monoisotopic (exact) mass is 282 g/mol. The number of hydrogen-bond acceptors (Lipinski definition) is 2. The molecule has 0 radical (unpaired) electrons. The van der Waals surface area contributed by atoms with Crippen LogP contribution < -0.4 is 0 Å². The smallest absolute Gasteiger partial charge is 0.324 e. The number of Topliss-reactive ketones (excluding diaryl/α,β-unsaturated/α-hetero) is 1. The molecule has 3 nitrogen and oxygen atoms in total. The second kappa shape index (κ2) is 4.33. The molecule has 1 heterocycles. The maximum absolute atomic E-state index is 12.4. The summed E-state index contributed by atoms with van der Waals surface area (Å²) >= 11 is 0. The molecule has 20 heavy (non-hydrogen) atoms. The maximum atomic E-state index is 12.4. The third kappa shape index (κ3) is 2.30. The molecule has 1 aliphatic carbocycles. The van der Waals surface area contributed by atoms with Gasteiger partial charge in [-0.3, -0.25) is 4.79 Å². The van der Waals surface area contributed by atoms with E-state index in [1.54, 1.807) is 4.57 Å². The molecule has 1 aliphatic rings. The number of aryl methyl sites for hydroxylation is 1. The van der Waals surface area contributed by atoms with Gasteiger partial charge in [0.05, 0.1) is 17.5 Å². The minimum atomic E-state index is -4.80. The van der Waals surface area contributed by atoms with Gasteiger partial charge < -0.3 is 4.57 Å². The Kier molecular flexibility index (Phi) is 2.84. The van der Waals surface area contributed by atoms with E-state index in [1.807, 2.05) is 25.1 Å². The number of halogens is 3. The molecular weight excluding hydrogens is 269 g/mol. The summed E-state index contributed by atoms with van der Waals surface area (Å²) in [6.45, 7) is 1.90. The van der Waals surface area contributed by atoms with Crippen LogP contribution in [0.15, 0.2) is 18.2 Å². The normalized spacial score (nSPS) is 15.8. The zero-order chi connectivity index (χ0) is 14.5. The lowest BCUT2D eigenvalue weighted by Crippen LogP contribution is -2.26. The lowest BCUT2D eigenvalue weighted by molar-refractivity contribution is -0.170. The Bertz CT molecular complexity index is 684. The van der Waals surface area contributed by atoms with Crippen molar-refractivity contribution in [2.75, 3.05) is 0 Å². The van der Waals surface area contributed by atoms with Crippen molar-refractivity contribution in [2.45, 2.75) is 38.4 Å².